The summed E-state index contributed by atoms with van der Waals surface area (Å²) in [6.07, 6.45) is 5.04. The third kappa shape index (κ3) is 4.51. The molecule has 0 bridgehead atoms. The van der Waals surface area contributed by atoms with Crippen LogP contribution in [-0.4, -0.2) is 53.4 Å². The van der Waals surface area contributed by atoms with Gasteiger partial charge in [-0.05, 0) is 54.2 Å². The highest BCUT2D eigenvalue weighted by Gasteiger charge is 2.45. The number of halogens is 2. The van der Waals surface area contributed by atoms with Crippen LogP contribution in [0.25, 0.3) is 16.7 Å². The average Bonchev–Trinajstić information content (AvgIpc) is 3.55. The third-order valence-electron chi connectivity index (χ3n) is 6.98. The molecule has 3 aliphatic rings. The van der Waals surface area contributed by atoms with Gasteiger partial charge in [0.25, 0.3) is 11.8 Å². The Morgan fingerprint density at radius 3 is 2.67 bits per heavy atom. The van der Waals surface area contributed by atoms with E-state index in [1.54, 1.807) is 4.90 Å². The number of pyridine rings is 1. The summed E-state index contributed by atoms with van der Waals surface area (Å²) in [5.41, 5.74) is 7.03. The molecular formula is C26H30F2N4O. The molecule has 3 heterocycles. The summed E-state index contributed by atoms with van der Waals surface area (Å²) in [6.45, 7) is 6.07. The predicted molar refractivity (Wildman–Crippen MR) is 125 cm³/mol. The number of hydrogen-bond donors (Lipinski definition) is 2. The van der Waals surface area contributed by atoms with Gasteiger partial charge < -0.3 is 10.6 Å². The van der Waals surface area contributed by atoms with Crippen molar-refractivity contribution in [2.24, 2.45) is 0 Å². The van der Waals surface area contributed by atoms with E-state index in [1.807, 2.05) is 19.3 Å². The summed E-state index contributed by atoms with van der Waals surface area (Å²) < 4.78 is 26.7. The van der Waals surface area contributed by atoms with Crippen molar-refractivity contribution < 1.29 is 13.6 Å². The van der Waals surface area contributed by atoms with E-state index < -0.39 is 5.92 Å². The van der Waals surface area contributed by atoms with Gasteiger partial charge in [-0.1, -0.05) is 19.1 Å². The van der Waals surface area contributed by atoms with E-state index >= 15 is 0 Å². The van der Waals surface area contributed by atoms with Crippen LogP contribution in [0.5, 0.6) is 0 Å². The average molecular weight is 453 g/mol. The lowest BCUT2D eigenvalue weighted by Gasteiger charge is -2.34. The van der Waals surface area contributed by atoms with Crippen molar-refractivity contribution in [3.8, 4) is 11.1 Å². The number of nitrogens with one attached hydrogen (secondary N) is 2. The topological polar surface area (TPSA) is 67.2 Å². The predicted octanol–water partition coefficient (Wildman–Crippen LogP) is 4.09. The van der Waals surface area contributed by atoms with E-state index in [1.165, 1.54) is 5.56 Å². The maximum Gasteiger partial charge on any atom is 0.257 e. The Kier molecular flexibility index (Phi) is 5.47. The van der Waals surface area contributed by atoms with Gasteiger partial charge >= 0.3 is 0 Å². The largest absolute Gasteiger partial charge is 0.377 e. The molecule has 33 heavy (non-hydrogen) atoms. The first-order valence-corrected chi connectivity index (χ1v) is 11.7. The van der Waals surface area contributed by atoms with Gasteiger partial charge in [-0.2, -0.15) is 0 Å². The number of carbonyl (C=O) groups excluding carboxylic acids is 1. The molecule has 1 aromatic carbocycles. The molecule has 1 aliphatic carbocycles. The fourth-order valence-corrected chi connectivity index (χ4v) is 5.25. The molecule has 1 aromatic heterocycles. The number of carbonyl (C=O) groups is 1. The van der Waals surface area contributed by atoms with Crippen molar-refractivity contribution in [3.05, 3.63) is 59.0 Å². The quantitative estimate of drug-likeness (QED) is 0.671. The van der Waals surface area contributed by atoms with Gasteiger partial charge in [0.15, 0.2) is 0 Å². The molecule has 2 fully saturated rings. The van der Waals surface area contributed by atoms with Gasteiger partial charge in [0, 0.05) is 55.6 Å². The summed E-state index contributed by atoms with van der Waals surface area (Å²) in [5.74, 6) is -2.47. The lowest BCUT2D eigenvalue weighted by molar-refractivity contribution is -0.116. The summed E-state index contributed by atoms with van der Waals surface area (Å²) in [4.78, 5) is 19.5. The molecule has 0 saturated carbocycles. The first-order valence-electron chi connectivity index (χ1n) is 11.7. The molecule has 0 spiro atoms. The van der Waals surface area contributed by atoms with Gasteiger partial charge in [-0.25, -0.2) is 8.78 Å². The minimum atomic E-state index is -2.69. The molecule has 5 nitrogen and oxygen atoms in total. The van der Waals surface area contributed by atoms with Crippen molar-refractivity contribution in [2.75, 3.05) is 19.6 Å². The van der Waals surface area contributed by atoms with Crippen LogP contribution in [0, 0.1) is 6.92 Å². The van der Waals surface area contributed by atoms with Crippen LogP contribution in [0.2, 0.25) is 0 Å². The molecule has 5 rings (SSSR count). The number of piperidine rings is 1. The highest BCUT2D eigenvalue weighted by Crippen LogP contribution is 2.46. The number of rotatable bonds is 5. The Bertz CT molecular complexity index is 1120. The number of nitrogens with zero attached hydrogens (tertiary/aromatic N) is 2. The fraction of sp³-hybridized carbons (Fsp3) is 0.462. The number of aryl methyl sites for hydroxylation is 1. The molecule has 0 radical (unpaired) electrons. The van der Waals surface area contributed by atoms with Gasteiger partial charge in [0.05, 0.1) is 18.2 Å². The monoisotopic (exact) mass is 452 g/mol. The van der Waals surface area contributed by atoms with E-state index in [9.17, 15) is 13.6 Å². The van der Waals surface area contributed by atoms with E-state index in [-0.39, 0.29) is 24.5 Å². The smallest absolute Gasteiger partial charge is 0.257 e. The van der Waals surface area contributed by atoms with Crippen LogP contribution in [0.1, 0.15) is 49.3 Å². The molecule has 1 unspecified atom stereocenters. The zero-order valence-corrected chi connectivity index (χ0v) is 19.3. The zero-order valence-electron chi connectivity index (χ0n) is 19.3. The van der Waals surface area contributed by atoms with Crippen molar-refractivity contribution in [3.63, 3.8) is 0 Å². The maximum absolute atomic E-state index is 13.4. The molecular weight excluding hydrogens is 422 g/mol. The molecule has 2 aromatic rings. The van der Waals surface area contributed by atoms with Gasteiger partial charge in [0.2, 0.25) is 0 Å². The van der Waals surface area contributed by atoms with Crippen LogP contribution in [0.3, 0.4) is 0 Å². The van der Waals surface area contributed by atoms with Crippen molar-refractivity contribution in [2.45, 2.75) is 57.5 Å². The minimum Gasteiger partial charge on any atom is -0.377 e. The molecule has 2 saturated heterocycles. The molecule has 7 heteroatoms. The SMILES string of the molecule is Cc1cncc(-c2ccc3c(c2)C(C(=O)NC2CCN(CC(C)(F)F)CC2)=C2NC2[C@H]3C)c1. The molecule has 2 N–H and O–H groups in total. The lowest BCUT2D eigenvalue weighted by atomic mass is 9.82. The Morgan fingerprint density at radius 1 is 1.21 bits per heavy atom. The van der Waals surface area contributed by atoms with E-state index in [0.717, 1.165) is 40.4 Å². The third-order valence-corrected chi connectivity index (χ3v) is 6.98. The highest BCUT2D eigenvalue weighted by molar-refractivity contribution is 6.22. The fourth-order valence-electron chi connectivity index (χ4n) is 5.25. The van der Waals surface area contributed by atoms with Crippen molar-refractivity contribution in [1.82, 2.24) is 20.5 Å². The number of aromatic nitrogens is 1. The number of fused-ring (bicyclic) bond motifs is 2. The second-order valence-electron chi connectivity index (χ2n) is 9.85. The summed E-state index contributed by atoms with van der Waals surface area (Å²) in [7, 11) is 0. The zero-order chi connectivity index (χ0) is 23.3. The van der Waals surface area contributed by atoms with Gasteiger partial charge in [0.1, 0.15) is 0 Å². The summed E-state index contributed by atoms with van der Waals surface area (Å²) in [6, 6.07) is 8.64. The van der Waals surface area contributed by atoms with E-state index in [2.05, 4.69) is 46.8 Å². The van der Waals surface area contributed by atoms with E-state index in [4.69, 9.17) is 0 Å². The van der Waals surface area contributed by atoms with Gasteiger partial charge in [-0.3, -0.25) is 14.7 Å². The normalized spacial score (nSPS) is 22.9. The van der Waals surface area contributed by atoms with Crippen LogP contribution in [0.4, 0.5) is 8.78 Å². The second kappa shape index (κ2) is 8.20. The van der Waals surface area contributed by atoms with Crippen LogP contribution in [0.15, 0.2) is 42.4 Å². The molecule has 2 aliphatic heterocycles. The summed E-state index contributed by atoms with van der Waals surface area (Å²) >= 11 is 0. The second-order valence-corrected chi connectivity index (χ2v) is 9.85. The Hall–Kier alpha value is -2.80. The standard InChI is InChI=1S/C26H30F2N4O/c1-15-10-18(13-29-12-15)17-4-5-20-16(2)23-24(31-23)22(21(20)11-17)25(33)30-19-6-8-32(9-7-19)14-26(3,27)28/h4-5,10-13,16,19,23,31H,6-9,14H2,1-3H3,(H,30,33)/t16-,23?/m0/s1. The number of benzene rings is 1. The van der Waals surface area contributed by atoms with Gasteiger partial charge in [-0.15, -0.1) is 0 Å². The molecule has 174 valence electrons. The number of hydrogen-bond acceptors (Lipinski definition) is 4. The van der Waals surface area contributed by atoms with Crippen LogP contribution >= 0.6 is 0 Å². The van der Waals surface area contributed by atoms with Crippen molar-refractivity contribution in [1.29, 1.82) is 0 Å². The first-order chi connectivity index (χ1) is 15.7. The number of alkyl halides is 2. The van der Waals surface area contributed by atoms with Crippen LogP contribution < -0.4 is 10.6 Å². The number of amides is 1. The minimum absolute atomic E-state index is 0.00326. The lowest BCUT2D eigenvalue weighted by Crippen LogP contribution is -2.47. The number of likely N-dealkylation sites (tertiary alicyclic amines) is 1. The maximum atomic E-state index is 13.4. The molecule has 2 atom stereocenters. The highest BCUT2D eigenvalue weighted by atomic mass is 19.3. The Labute approximate surface area is 193 Å². The van der Waals surface area contributed by atoms with Crippen LogP contribution in [-0.2, 0) is 4.79 Å². The Morgan fingerprint density at radius 2 is 1.97 bits per heavy atom. The van der Waals surface area contributed by atoms with Crippen molar-refractivity contribution >= 4 is 11.5 Å². The Balaban J connectivity index is 1.36. The summed E-state index contributed by atoms with van der Waals surface area (Å²) in [5, 5.41) is 6.60. The first kappa shape index (κ1) is 22.0. The van der Waals surface area contributed by atoms with E-state index in [0.29, 0.717) is 31.8 Å². The molecule has 1 amide bonds.